The first-order valence-corrected chi connectivity index (χ1v) is 8.96. The Morgan fingerprint density at radius 2 is 1.69 bits per heavy atom. The molecule has 3 rings (SSSR count). The smallest absolute Gasteiger partial charge is 0.410 e. The Hall–Kier alpha value is -2.24. The second-order valence-electron chi connectivity index (χ2n) is 5.98. The van der Waals surface area contributed by atoms with Gasteiger partial charge in [-0.2, -0.15) is 0 Å². The highest BCUT2D eigenvalue weighted by atomic mass is 35.5. The molecule has 0 N–H and O–H groups in total. The molecule has 0 unspecified atom stereocenters. The fourth-order valence-electron chi connectivity index (χ4n) is 2.72. The van der Waals surface area contributed by atoms with Crippen molar-refractivity contribution in [2.24, 2.45) is 0 Å². The molecule has 1 saturated heterocycles. The van der Waals surface area contributed by atoms with Gasteiger partial charge in [-0.15, -0.1) is 0 Å². The lowest BCUT2D eigenvalue weighted by atomic mass is 10.2. The Balaban J connectivity index is 1.55. The fraction of sp³-hybridized carbons (Fsp3) is 0.263. The summed E-state index contributed by atoms with van der Waals surface area (Å²) in [6.45, 7) is 1.30. The van der Waals surface area contributed by atoms with E-state index < -0.39 is 6.09 Å². The summed E-state index contributed by atoms with van der Waals surface area (Å²) in [5, 5.41) is 1.05. The van der Waals surface area contributed by atoms with Gasteiger partial charge < -0.3 is 9.64 Å². The third kappa shape index (κ3) is 4.48. The first kappa shape index (κ1) is 18.5. The van der Waals surface area contributed by atoms with Crippen LogP contribution in [0.1, 0.15) is 11.1 Å². The van der Waals surface area contributed by atoms with Crippen molar-refractivity contribution >= 4 is 35.2 Å². The average Bonchev–Trinajstić information content (AvgIpc) is 2.65. The molecule has 26 heavy (non-hydrogen) atoms. The summed E-state index contributed by atoms with van der Waals surface area (Å²) < 4.78 is 5.28. The molecular formula is C19H18Cl2N2O3. The molecule has 5 nitrogen and oxygen atoms in total. The number of piperazine rings is 1. The van der Waals surface area contributed by atoms with Gasteiger partial charge in [0.05, 0.1) is 0 Å². The Bertz CT molecular complexity index is 778. The summed E-state index contributed by atoms with van der Waals surface area (Å²) in [5.41, 5.74) is 1.61. The van der Waals surface area contributed by atoms with Gasteiger partial charge in [0.2, 0.25) is 5.91 Å². The van der Waals surface area contributed by atoms with Gasteiger partial charge in [-0.05, 0) is 17.7 Å². The topological polar surface area (TPSA) is 49.9 Å². The van der Waals surface area contributed by atoms with E-state index in [1.165, 1.54) is 4.90 Å². The zero-order chi connectivity index (χ0) is 18.5. The second kappa shape index (κ2) is 8.43. The van der Waals surface area contributed by atoms with E-state index in [9.17, 15) is 9.59 Å². The van der Waals surface area contributed by atoms with E-state index in [0.29, 0.717) is 35.2 Å². The molecule has 0 bridgehead atoms. The van der Waals surface area contributed by atoms with Crippen LogP contribution in [0.5, 0.6) is 0 Å². The van der Waals surface area contributed by atoms with E-state index in [0.717, 1.165) is 5.56 Å². The second-order valence-corrected chi connectivity index (χ2v) is 6.79. The van der Waals surface area contributed by atoms with E-state index >= 15 is 0 Å². The summed E-state index contributed by atoms with van der Waals surface area (Å²) in [6, 6.07) is 14.7. The summed E-state index contributed by atoms with van der Waals surface area (Å²) in [5.74, 6) is -0.163. The maximum atomic E-state index is 12.4. The first-order valence-electron chi connectivity index (χ1n) is 8.21. The summed E-state index contributed by atoms with van der Waals surface area (Å²) in [4.78, 5) is 27.6. The highest BCUT2D eigenvalue weighted by Gasteiger charge is 2.28. The SMILES string of the molecule is O=C1CN(C(=O)OCc2ccccc2)CCN1Cc1c(Cl)cccc1Cl. The van der Waals surface area contributed by atoms with Crippen LogP contribution in [0.4, 0.5) is 4.79 Å². The molecule has 1 fully saturated rings. The summed E-state index contributed by atoms with van der Waals surface area (Å²) in [7, 11) is 0. The highest BCUT2D eigenvalue weighted by molar-refractivity contribution is 6.36. The number of halogens is 2. The van der Waals surface area contributed by atoms with E-state index in [1.807, 2.05) is 30.3 Å². The molecule has 0 saturated carbocycles. The number of rotatable bonds is 4. The number of hydrogen-bond acceptors (Lipinski definition) is 3. The predicted octanol–water partition coefficient (Wildman–Crippen LogP) is 3.97. The molecule has 1 aliphatic heterocycles. The van der Waals surface area contributed by atoms with Gasteiger partial charge in [-0.1, -0.05) is 59.6 Å². The number of carbonyl (C=O) groups is 2. The first-order chi connectivity index (χ1) is 12.5. The lowest BCUT2D eigenvalue weighted by Gasteiger charge is -2.34. The van der Waals surface area contributed by atoms with Crippen molar-refractivity contribution in [2.75, 3.05) is 19.6 Å². The largest absolute Gasteiger partial charge is 0.445 e. The number of amides is 2. The molecule has 0 aliphatic carbocycles. The Labute approximate surface area is 162 Å². The van der Waals surface area contributed by atoms with Gasteiger partial charge in [0.1, 0.15) is 13.2 Å². The Morgan fingerprint density at radius 3 is 2.35 bits per heavy atom. The lowest BCUT2D eigenvalue weighted by Crippen LogP contribution is -2.51. The molecule has 7 heteroatoms. The molecule has 0 spiro atoms. The van der Waals surface area contributed by atoms with Crippen molar-refractivity contribution in [3.8, 4) is 0 Å². The molecule has 2 aromatic carbocycles. The molecule has 1 heterocycles. The van der Waals surface area contributed by atoms with Gasteiger partial charge >= 0.3 is 6.09 Å². The Morgan fingerprint density at radius 1 is 1.00 bits per heavy atom. The van der Waals surface area contributed by atoms with Gasteiger partial charge in [-0.3, -0.25) is 9.69 Å². The predicted molar refractivity (Wildman–Crippen MR) is 100 cm³/mol. The van der Waals surface area contributed by atoms with Crippen LogP contribution in [-0.4, -0.2) is 41.4 Å². The van der Waals surface area contributed by atoms with Gasteiger partial charge in [-0.25, -0.2) is 4.79 Å². The van der Waals surface area contributed by atoms with Gasteiger partial charge in [0.25, 0.3) is 0 Å². The summed E-state index contributed by atoms with van der Waals surface area (Å²) >= 11 is 12.3. The zero-order valence-corrected chi connectivity index (χ0v) is 15.5. The van der Waals surface area contributed by atoms with Crippen LogP contribution in [0.2, 0.25) is 10.0 Å². The molecule has 136 valence electrons. The lowest BCUT2D eigenvalue weighted by molar-refractivity contribution is -0.136. The monoisotopic (exact) mass is 392 g/mol. The number of nitrogens with zero attached hydrogens (tertiary/aromatic N) is 2. The van der Waals surface area contributed by atoms with Crippen molar-refractivity contribution in [3.63, 3.8) is 0 Å². The maximum Gasteiger partial charge on any atom is 0.410 e. The third-order valence-electron chi connectivity index (χ3n) is 4.19. The average molecular weight is 393 g/mol. The number of benzene rings is 2. The zero-order valence-electron chi connectivity index (χ0n) is 14.0. The van der Waals surface area contributed by atoms with Crippen molar-refractivity contribution in [1.29, 1.82) is 0 Å². The Kier molecular flexibility index (Phi) is 6.01. The third-order valence-corrected chi connectivity index (χ3v) is 4.90. The van der Waals surface area contributed by atoms with Crippen LogP contribution >= 0.6 is 23.2 Å². The minimum atomic E-state index is -0.488. The van der Waals surface area contributed by atoms with Crippen molar-refractivity contribution in [2.45, 2.75) is 13.2 Å². The van der Waals surface area contributed by atoms with E-state index in [4.69, 9.17) is 27.9 Å². The molecule has 1 aliphatic rings. The van der Waals surface area contributed by atoms with E-state index in [2.05, 4.69) is 0 Å². The molecule has 0 atom stereocenters. The number of ether oxygens (including phenoxy) is 1. The minimum absolute atomic E-state index is 0.0182. The van der Waals surface area contributed by atoms with Crippen LogP contribution in [0.15, 0.2) is 48.5 Å². The molecule has 0 radical (unpaired) electrons. The van der Waals surface area contributed by atoms with Crippen molar-refractivity contribution in [3.05, 3.63) is 69.7 Å². The van der Waals surface area contributed by atoms with E-state index in [1.54, 1.807) is 23.1 Å². The quantitative estimate of drug-likeness (QED) is 0.790. The number of hydrogen-bond donors (Lipinski definition) is 0. The minimum Gasteiger partial charge on any atom is -0.445 e. The van der Waals surface area contributed by atoms with Crippen LogP contribution in [0.3, 0.4) is 0 Å². The standard InChI is InChI=1S/C19H18Cl2N2O3/c20-16-7-4-8-17(21)15(16)11-22-9-10-23(12-18(22)24)19(25)26-13-14-5-2-1-3-6-14/h1-8H,9-13H2. The van der Waals surface area contributed by atoms with E-state index in [-0.39, 0.29) is 19.1 Å². The van der Waals surface area contributed by atoms with Crippen LogP contribution in [0, 0.1) is 0 Å². The molecule has 2 amide bonds. The maximum absolute atomic E-state index is 12.4. The van der Waals surface area contributed by atoms with Crippen LogP contribution in [-0.2, 0) is 22.7 Å². The molecule has 0 aromatic heterocycles. The normalized spacial score (nSPS) is 14.5. The van der Waals surface area contributed by atoms with Crippen molar-refractivity contribution in [1.82, 2.24) is 9.80 Å². The summed E-state index contributed by atoms with van der Waals surface area (Å²) in [6.07, 6.45) is -0.488. The molecular weight excluding hydrogens is 375 g/mol. The van der Waals surface area contributed by atoms with Crippen LogP contribution < -0.4 is 0 Å². The van der Waals surface area contributed by atoms with Crippen LogP contribution in [0.25, 0.3) is 0 Å². The van der Waals surface area contributed by atoms with Gasteiger partial charge in [0.15, 0.2) is 0 Å². The van der Waals surface area contributed by atoms with Gasteiger partial charge in [0, 0.05) is 35.2 Å². The van der Waals surface area contributed by atoms with Crippen molar-refractivity contribution < 1.29 is 14.3 Å². The highest BCUT2D eigenvalue weighted by Crippen LogP contribution is 2.26. The molecule has 2 aromatic rings. The number of carbonyl (C=O) groups excluding carboxylic acids is 2. The fourth-order valence-corrected chi connectivity index (χ4v) is 3.23.